The summed E-state index contributed by atoms with van der Waals surface area (Å²) >= 11 is 0. The van der Waals surface area contributed by atoms with Gasteiger partial charge in [-0.1, -0.05) is 0 Å². The topological polar surface area (TPSA) is 524 Å². The molecule has 0 radical (unpaired) electrons. The predicted octanol–water partition coefficient (Wildman–Crippen LogP) is -8.80. The minimum Gasteiger partial charge on any atom is -0.394 e. The molecule has 496 valence electrons. The standard InChI is InChI=1S/C53H93N7O26/c1-29(64)31(11-4-6-16-54)58-38(68)15-3-2-14-37(67)55-17-7-5-12-32(33(66)13-9-20-82-52-49(79)46(76)43(73)35(27-62)85-52)59-39(69)22-57-41(71)25-60(23-30(65)10-8-19-81-51-48(78)45(75)42(72)34(26-61)84-51)24-40(70)56-18-21-83-53-50(80)47(77)44(74)36(28-63)86-53/h31-32,34-36,42-53,61-63,72-80H,2-28,54H2,1H3,(H,55,67)(H,56,70)(H,57,71)(H,58,68)(H,59,69)/t31-,32-,34+,35+,36+,42+,43+,44+,45-,46-,47-,48-,49-,50+,51-,52-,53+/m0/s1. The number of carbonyl (C=O) groups excluding carboxylic acids is 8. The van der Waals surface area contributed by atoms with Crippen molar-refractivity contribution in [3.8, 4) is 0 Å². The fourth-order valence-electron chi connectivity index (χ4n) is 9.32. The van der Waals surface area contributed by atoms with E-state index in [9.17, 15) is 99.6 Å². The number of unbranched alkanes of at least 4 members (excludes halogenated alkanes) is 3. The van der Waals surface area contributed by atoms with Gasteiger partial charge in [-0.25, -0.2) is 0 Å². The zero-order valence-corrected chi connectivity index (χ0v) is 48.5. The first-order valence-electron chi connectivity index (χ1n) is 29.1. The fraction of sp³-hybridized carbons (Fsp3) is 0.849. The van der Waals surface area contributed by atoms with E-state index in [0.717, 1.165) is 11.3 Å². The molecule has 86 heavy (non-hydrogen) atoms. The van der Waals surface area contributed by atoms with Crippen LogP contribution in [0.3, 0.4) is 0 Å². The lowest BCUT2D eigenvalue weighted by Gasteiger charge is -2.39. The summed E-state index contributed by atoms with van der Waals surface area (Å²) in [6, 6.07) is -1.74. The van der Waals surface area contributed by atoms with E-state index in [4.69, 9.17) is 34.2 Å². The van der Waals surface area contributed by atoms with Gasteiger partial charge in [0.2, 0.25) is 29.5 Å². The van der Waals surface area contributed by atoms with Crippen molar-refractivity contribution in [1.82, 2.24) is 31.5 Å². The quantitative estimate of drug-likeness (QED) is 0.0252. The van der Waals surface area contributed by atoms with E-state index in [1.165, 1.54) is 6.92 Å². The van der Waals surface area contributed by atoms with Gasteiger partial charge < -0.3 is 122 Å². The summed E-state index contributed by atoms with van der Waals surface area (Å²) in [4.78, 5) is 105. The van der Waals surface area contributed by atoms with Crippen LogP contribution in [0.4, 0.5) is 0 Å². The Balaban J connectivity index is 1.59. The zero-order valence-electron chi connectivity index (χ0n) is 48.5. The van der Waals surface area contributed by atoms with E-state index in [2.05, 4.69) is 26.6 Å². The Morgan fingerprint density at radius 2 is 0.895 bits per heavy atom. The molecule has 3 saturated heterocycles. The Labute approximate surface area is 497 Å². The lowest BCUT2D eigenvalue weighted by atomic mass is 9.99. The molecule has 0 saturated carbocycles. The van der Waals surface area contributed by atoms with Crippen molar-refractivity contribution in [2.75, 3.05) is 85.5 Å². The third kappa shape index (κ3) is 26.7. The van der Waals surface area contributed by atoms with Crippen LogP contribution >= 0.6 is 0 Å². The van der Waals surface area contributed by atoms with Gasteiger partial charge in [-0.15, -0.1) is 0 Å². The maximum atomic E-state index is 13.6. The van der Waals surface area contributed by atoms with Crippen LogP contribution in [0.2, 0.25) is 0 Å². The maximum Gasteiger partial charge on any atom is 0.239 e. The minimum atomic E-state index is -1.72. The summed E-state index contributed by atoms with van der Waals surface area (Å²) in [6.45, 7) is -3.42. The number of nitrogens with two attached hydrogens (primary N) is 1. The number of carbonyl (C=O) groups is 8. The molecule has 0 aliphatic carbocycles. The van der Waals surface area contributed by atoms with Crippen LogP contribution in [0, 0.1) is 0 Å². The number of nitrogens with one attached hydrogen (secondary N) is 5. The van der Waals surface area contributed by atoms with Gasteiger partial charge in [-0.3, -0.25) is 43.3 Å². The van der Waals surface area contributed by atoms with Crippen molar-refractivity contribution < 1.29 is 128 Å². The summed E-state index contributed by atoms with van der Waals surface area (Å²) in [5.41, 5.74) is 5.52. The summed E-state index contributed by atoms with van der Waals surface area (Å²) in [6.07, 6.45) is -20.0. The molecule has 0 spiro atoms. The molecule has 17 atom stereocenters. The van der Waals surface area contributed by atoms with Crippen LogP contribution in [-0.4, -0.2) is 303 Å². The van der Waals surface area contributed by atoms with Crippen LogP contribution in [0.15, 0.2) is 0 Å². The second kappa shape index (κ2) is 41.0. The molecule has 33 heteroatoms. The number of rotatable bonds is 43. The third-order valence-electron chi connectivity index (χ3n) is 14.4. The Morgan fingerprint density at radius 1 is 0.453 bits per heavy atom. The Hall–Kier alpha value is -4.44. The molecule has 0 aromatic carbocycles. The average Bonchev–Trinajstić information content (AvgIpc) is 3.69. The first-order chi connectivity index (χ1) is 41.0. The molecular weight excluding hydrogens is 1150 g/mol. The number of ketones is 3. The van der Waals surface area contributed by atoms with E-state index < -0.39 is 179 Å². The van der Waals surface area contributed by atoms with Crippen LogP contribution in [0.25, 0.3) is 0 Å². The van der Waals surface area contributed by atoms with E-state index in [0.29, 0.717) is 45.1 Å². The first-order valence-corrected chi connectivity index (χ1v) is 29.1. The van der Waals surface area contributed by atoms with Crippen LogP contribution in [0.1, 0.15) is 96.8 Å². The predicted molar refractivity (Wildman–Crippen MR) is 293 cm³/mol. The number of hydrogen-bond acceptors (Lipinski definition) is 28. The van der Waals surface area contributed by atoms with Crippen molar-refractivity contribution in [3.63, 3.8) is 0 Å². The van der Waals surface area contributed by atoms with Gasteiger partial charge in [0.05, 0.1) is 77.9 Å². The van der Waals surface area contributed by atoms with Gasteiger partial charge in [0, 0.05) is 38.8 Å². The summed E-state index contributed by atoms with van der Waals surface area (Å²) < 4.78 is 32.3. The van der Waals surface area contributed by atoms with Gasteiger partial charge in [-0.2, -0.15) is 0 Å². The summed E-state index contributed by atoms with van der Waals surface area (Å²) in [5, 5.41) is 133. The molecule has 0 unspecified atom stereocenters. The molecule has 3 rings (SSSR count). The number of aliphatic hydroxyl groups is 12. The lowest BCUT2D eigenvalue weighted by Crippen LogP contribution is -2.59. The second-order valence-electron chi connectivity index (χ2n) is 21.4. The number of ether oxygens (including phenoxy) is 6. The van der Waals surface area contributed by atoms with Crippen LogP contribution in [0.5, 0.6) is 0 Å². The van der Waals surface area contributed by atoms with E-state index in [1.54, 1.807) is 0 Å². The van der Waals surface area contributed by atoms with Crippen molar-refractivity contribution in [3.05, 3.63) is 0 Å². The van der Waals surface area contributed by atoms with Crippen molar-refractivity contribution in [2.24, 2.45) is 5.73 Å². The highest BCUT2D eigenvalue weighted by molar-refractivity contribution is 5.92. The molecule has 0 aromatic heterocycles. The number of amides is 5. The Kier molecular flexibility index (Phi) is 36.1. The number of nitrogens with zero attached hydrogens (tertiary/aromatic N) is 1. The normalized spacial score (nSPS) is 28.2. The number of Topliss-reactive ketones (excluding diaryl/α,β-unsaturated/α-hetero) is 3. The van der Waals surface area contributed by atoms with Crippen molar-refractivity contribution in [1.29, 1.82) is 0 Å². The van der Waals surface area contributed by atoms with E-state index >= 15 is 0 Å². The molecule has 0 bridgehead atoms. The molecular formula is C53H93N7O26. The Bertz CT molecular complexity index is 2010. The molecule has 3 aliphatic rings. The minimum absolute atomic E-state index is 0.000574. The van der Waals surface area contributed by atoms with Crippen LogP contribution < -0.4 is 32.3 Å². The highest BCUT2D eigenvalue weighted by atomic mass is 16.7. The molecule has 5 amide bonds. The highest BCUT2D eigenvalue weighted by Gasteiger charge is 2.46. The van der Waals surface area contributed by atoms with E-state index in [1.807, 2.05) is 0 Å². The SMILES string of the molecule is CC(=O)[C@H](CCCCN)NC(=O)CCCCC(=O)NCCCC[C@H](NC(=O)CNC(=O)CN(CC(=O)CCCO[C@H]1O[C@H](CO)[C@@H](O)[C@H](O)[C@@H]1O)CC(=O)NCCO[C@@H]1O[C@H](CO)[C@@H](O)[C@H](O)[C@H]1O)C(=O)CCCO[C@H]1O[C@H](CO)[C@@H](O)[C@H](O)[C@@H]1O. The molecule has 33 nitrogen and oxygen atoms in total. The van der Waals surface area contributed by atoms with E-state index in [-0.39, 0.29) is 95.5 Å². The number of aliphatic hydroxyl groups excluding tert-OH is 12. The van der Waals surface area contributed by atoms with Gasteiger partial charge >= 0.3 is 0 Å². The van der Waals surface area contributed by atoms with Gasteiger partial charge in [-0.05, 0) is 77.7 Å². The maximum absolute atomic E-state index is 13.6. The molecule has 3 fully saturated rings. The lowest BCUT2D eigenvalue weighted by molar-refractivity contribution is -0.301. The monoisotopic (exact) mass is 1240 g/mol. The van der Waals surface area contributed by atoms with Gasteiger partial charge in [0.25, 0.3) is 0 Å². The summed E-state index contributed by atoms with van der Waals surface area (Å²) in [7, 11) is 0. The van der Waals surface area contributed by atoms with Crippen molar-refractivity contribution in [2.45, 2.75) is 201 Å². The largest absolute Gasteiger partial charge is 0.394 e. The highest BCUT2D eigenvalue weighted by Crippen LogP contribution is 2.25. The number of hydrogen-bond donors (Lipinski definition) is 18. The van der Waals surface area contributed by atoms with Crippen LogP contribution in [-0.2, 0) is 66.8 Å². The zero-order chi connectivity index (χ0) is 63.9. The third-order valence-corrected chi connectivity index (χ3v) is 14.4. The molecule has 3 aliphatic heterocycles. The molecule has 3 heterocycles. The second-order valence-corrected chi connectivity index (χ2v) is 21.4. The first kappa shape index (κ1) is 75.8. The van der Waals surface area contributed by atoms with Crippen molar-refractivity contribution >= 4 is 46.9 Å². The Morgan fingerprint density at radius 3 is 1.40 bits per heavy atom. The van der Waals surface area contributed by atoms with Gasteiger partial charge in [0.1, 0.15) is 79.0 Å². The van der Waals surface area contributed by atoms with Gasteiger partial charge in [0.15, 0.2) is 30.4 Å². The summed E-state index contributed by atoms with van der Waals surface area (Å²) in [5.74, 6) is -4.14. The molecule has 19 N–H and O–H groups in total. The molecule has 0 aromatic rings. The fourth-order valence-corrected chi connectivity index (χ4v) is 9.32. The smallest absolute Gasteiger partial charge is 0.239 e. The average molecular weight is 1240 g/mol.